The Hall–Kier alpha value is -3.74. The maximum atomic E-state index is 14.1. The van der Waals surface area contributed by atoms with Crippen LogP contribution < -0.4 is 15.8 Å². The highest BCUT2D eigenvalue weighted by molar-refractivity contribution is 6.05. The third kappa shape index (κ3) is 4.95. The number of halogens is 2. The molecule has 3 aromatic carbocycles. The topological polar surface area (TPSA) is 81.4 Å². The highest BCUT2D eigenvalue weighted by atomic mass is 19.1. The quantitative estimate of drug-likeness (QED) is 0.674. The Morgan fingerprint density at radius 3 is 2.38 bits per heavy atom. The Morgan fingerprint density at radius 1 is 1.00 bits per heavy atom. The minimum absolute atomic E-state index is 0.0384. The molecule has 0 bridgehead atoms. The Bertz CT molecular complexity index is 1070. The summed E-state index contributed by atoms with van der Waals surface area (Å²) in [6, 6.07) is 14.1. The van der Waals surface area contributed by atoms with Crippen LogP contribution in [-0.4, -0.2) is 11.9 Å². The number of benzene rings is 3. The van der Waals surface area contributed by atoms with Gasteiger partial charge in [-0.25, -0.2) is 13.6 Å². The van der Waals surface area contributed by atoms with Gasteiger partial charge in [-0.15, -0.1) is 0 Å². The van der Waals surface area contributed by atoms with Gasteiger partial charge in [0.15, 0.2) is 0 Å². The second kappa shape index (κ2) is 8.52. The largest absolute Gasteiger partial charge is 0.489 e. The molecule has 0 heterocycles. The molecule has 148 valence electrons. The molecule has 29 heavy (non-hydrogen) atoms. The Balaban J connectivity index is 1.95. The highest BCUT2D eigenvalue weighted by Gasteiger charge is 2.16. The summed E-state index contributed by atoms with van der Waals surface area (Å²) in [5.74, 6) is -1.62. The van der Waals surface area contributed by atoms with E-state index < -0.39 is 23.6 Å². The fourth-order valence-corrected chi connectivity index (χ4v) is 2.78. The van der Waals surface area contributed by atoms with Crippen LogP contribution in [0.25, 0.3) is 11.1 Å². The molecule has 3 amide bonds. The van der Waals surface area contributed by atoms with Crippen LogP contribution in [0.3, 0.4) is 0 Å². The first-order chi connectivity index (χ1) is 13.8. The van der Waals surface area contributed by atoms with Gasteiger partial charge in [-0.05, 0) is 42.8 Å². The van der Waals surface area contributed by atoms with E-state index in [0.717, 1.165) is 17.7 Å². The van der Waals surface area contributed by atoms with Gasteiger partial charge in [-0.3, -0.25) is 10.1 Å². The minimum atomic E-state index is -1.02. The van der Waals surface area contributed by atoms with Crippen LogP contribution >= 0.6 is 0 Å². The van der Waals surface area contributed by atoms with Crippen LogP contribution in [0.5, 0.6) is 5.75 Å². The van der Waals surface area contributed by atoms with E-state index in [1.165, 1.54) is 12.1 Å². The number of nitrogens with one attached hydrogen (secondary N) is 1. The number of urea groups is 1. The fourth-order valence-electron chi connectivity index (χ4n) is 2.78. The maximum Gasteiger partial charge on any atom is 0.319 e. The SMILES string of the molecule is Cc1ccc(OCc2ccc(-c3ccc(F)cc3F)cc2C(=O)NC(N)=O)cc1. The molecule has 0 spiro atoms. The minimum Gasteiger partial charge on any atom is -0.489 e. The van der Waals surface area contributed by atoms with Crippen molar-refractivity contribution in [3.63, 3.8) is 0 Å². The van der Waals surface area contributed by atoms with Crippen molar-refractivity contribution in [2.24, 2.45) is 5.73 Å². The number of carbonyl (C=O) groups excluding carboxylic acids is 2. The Morgan fingerprint density at radius 2 is 1.72 bits per heavy atom. The maximum absolute atomic E-state index is 14.1. The molecular weight excluding hydrogens is 378 g/mol. The van der Waals surface area contributed by atoms with Gasteiger partial charge in [-0.2, -0.15) is 0 Å². The lowest BCUT2D eigenvalue weighted by atomic mass is 9.98. The zero-order valence-corrected chi connectivity index (χ0v) is 15.5. The molecule has 0 saturated carbocycles. The Kier molecular flexibility index (Phi) is 5.87. The van der Waals surface area contributed by atoms with Crippen LogP contribution in [-0.2, 0) is 6.61 Å². The van der Waals surface area contributed by atoms with Gasteiger partial charge in [0.2, 0.25) is 0 Å². The first-order valence-corrected chi connectivity index (χ1v) is 8.72. The molecule has 7 heteroatoms. The van der Waals surface area contributed by atoms with Crippen molar-refractivity contribution >= 4 is 11.9 Å². The number of imide groups is 1. The third-order valence-electron chi connectivity index (χ3n) is 4.25. The van der Waals surface area contributed by atoms with Crippen LogP contribution in [0.15, 0.2) is 60.7 Å². The monoisotopic (exact) mass is 396 g/mol. The molecular formula is C22H18F2N2O3. The van der Waals surface area contributed by atoms with Gasteiger partial charge in [0.1, 0.15) is 24.0 Å². The number of hydrogen-bond donors (Lipinski definition) is 2. The van der Waals surface area contributed by atoms with Crippen molar-refractivity contribution in [1.29, 1.82) is 0 Å². The van der Waals surface area contributed by atoms with Crippen LogP contribution in [0.4, 0.5) is 13.6 Å². The lowest BCUT2D eigenvalue weighted by Crippen LogP contribution is -2.35. The first kappa shape index (κ1) is 20.0. The van der Waals surface area contributed by atoms with Gasteiger partial charge in [0.05, 0.1) is 0 Å². The number of primary amides is 1. The fraction of sp³-hybridized carbons (Fsp3) is 0.0909. The van der Waals surface area contributed by atoms with E-state index in [9.17, 15) is 18.4 Å². The molecule has 0 aliphatic carbocycles. The van der Waals surface area contributed by atoms with E-state index in [2.05, 4.69) is 0 Å². The first-order valence-electron chi connectivity index (χ1n) is 8.72. The summed E-state index contributed by atoms with van der Waals surface area (Å²) < 4.78 is 33.0. The number of nitrogens with two attached hydrogens (primary N) is 1. The zero-order chi connectivity index (χ0) is 21.0. The van der Waals surface area contributed by atoms with Crippen molar-refractivity contribution in [2.75, 3.05) is 0 Å². The van der Waals surface area contributed by atoms with Crippen molar-refractivity contribution in [2.45, 2.75) is 13.5 Å². The summed E-state index contributed by atoms with van der Waals surface area (Å²) in [5, 5.41) is 2.00. The molecule has 3 aromatic rings. The van der Waals surface area contributed by atoms with Gasteiger partial charge in [0.25, 0.3) is 5.91 Å². The van der Waals surface area contributed by atoms with Gasteiger partial charge < -0.3 is 10.5 Å². The van der Waals surface area contributed by atoms with Crippen molar-refractivity contribution in [3.05, 3.63) is 89.0 Å². The van der Waals surface area contributed by atoms with E-state index in [0.29, 0.717) is 16.9 Å². The standard InChI is InChI=1S/C22H18F2N2O3/c1-13-2-7-17(8-3-13)29-12-15-5-4-14(10-19(15)21(27)26-22(25)28)18-9-6-16(23)11-20(18)24/h2-11H,12H2,1H3,(H3,25,26,27,28). The number of aryl methyl sites for hydroxylation is 1. The van der Waals surface area contributed by atoms with E-state index >= 15 is 0 Å². The van der Waals surface area contributed by atoms with E-state index in [4.69, 9.17) is 10.5 Å². The smallest absolute Gasteiger partial charge is 0.319 e. The summed E-state index contributed by atoms with van der Waals surface area (Å²) >= 11 is 0. The van der Waals surface area contributed by atoms with Crippen LogP contribution in [0.1, 0.15) is 21.5 Å². The second-order valence-corrected chi connectivity index (χ2v) is 6.42. The van der Waals surface area contributed by atoms with Gasteiger partial charge >= 0.3 is 6.03 Å². The molecule has 5 nitrogen and oxygen atoms in total. The van der Waals surface area contributed by atoms with Crippen LogP contribution in [0, 0.1) is 18.6 Å². The molecule has 0 aromatic heterocycles. The normalized spacial score (nSPS) is 10.4. The number of amides is 3. The molecule has 0 unspecified atom stereocenters. The summed E-state index contributed by atoms with van der Waals surface area (Å²) in [6.45, 7) is 1.99. The molecule has 0 aliphatic rings. The Labute approximate surface area is 166 Å². The molecule has 3 rings (SSSR count). The van der Waals surface area contributed by atoms with E-state index in [1.807, 2.05) is 24.4 Å². The average Bonchev–Trinajstić information content (AvgIpc) is 2.67. The summed E-state index contributed by atoms with van der Waals surface area (Å²) in [4.78, 5) is 23.5. The van der Waals surface area contributed by atoms with Gasteiger partial charge in [0, 0.05) is 22.8 Å². The average molecular weight is 396 g/mol. The second-order valence-electron chi connectivity index (χ2n) is 6.42. The predicted octanol–water partition coefficient (Wildman–Crippen LogP) is 4.33. The highest BCUT2D eigenvalue weighted by Crippen LogP contribution is 2.27. The molecule has 0 fully saturated rings. The molecule has 3 N–H and O–H groups in total. The van der Waals surface area contributed by atoms with Crippen molar-refractivity contribution in [3.8, 4) is 16.9 Å². The number of rotatable bonds is 5. The van der Waals surface area contributed by atoms with E-state index in [-0.39, 0.29) is 17.7 Å². The van der Waals surface area contributed by atoms with Crippen LogP contribution in [0.2, 0.25) is 0 Å². The summed E-state index contributed by atoms with van der Waals surface area (Å²) in [5.41, 5.74) is 7.14. The summed E-state index contributed by atoms with van der Waals surface area (Å²) in [7, 11) is 0. The summed E-state index contributed by atoms with van der Waals surface area (Å²) in [6.07, 6.45) is 0. The van der Waals surface area contributed by atoms with Crippen molar-refractivity contribution in [1.82, 2.24) is 5.32 Å². The number of ether oxygens (including phenoxy) is 1. The molecule has 0 saturated heterocycles. The van der Waals surface area contributed by atoms with E-state index in [1.54, 1.807) is 24.3 Å². The number of carbonyl (C=O) groups is 2. The number of hydrogen-bond acceptors (Lipinski definition) is 3. The predicted molar refractivity (Wildman–Crippen MR) is 104 cm³/mol. The zero-order valence-electron chi connectivity index (χ0n) is 15.5. The lowest BCUT2D eigenvalue weighted by molar-refractivity contribution is 0.0963. The van der Waals surface area contributed by atoms with Gasteiger partial charge in [-0.1, -0.05) is 29.8 Å². The lowest BCUT2D eigenvalue weighted by Gasteiger charge is -2.13. The molecule has 0 aliphatic heterocycles. The molecule has 0 atom stereocenters. The molecule has 0 radical (unpaired) electrons. The third-order valence-corrected chi connectivity index (χ3v) is 4.25. The van der Waals surface area contributed by atoms with Crippen molar-refractivity contribution < 1.29 is 23.1 Å².